The number of urea groups is 1. The lowest BCUT2D eigenvalue weighted by molar-refractivity contribution is -0.143. The molecule has 1 aliphatic carbocycles. The van der Waals surface area contributed by atoms with Crippen LogP contribution in [0.1, 0.15) is 46.5 Å². The lowest BCUT2D eigenvalue weighted by Crippen LogP contribution is -2.53. The normalized spacial score (nSPS) is 23.6. The molecule has 3 atom stereocenters. The number of nitrogens with one attached hydrogen (secondary N) is 2. The molecule has 6 nitrogen and oxygen atoms in total. The number of carbonyl (C=O) groups is 2. The predicted molar refractivity (Wildman–Crippen MR) is 80.2 cm³/mol. The van der Waals surface area contributed by atoms with Crippen LogP contribution in [0.2, 0.25) is 0 Å². The molecule has 1 saturated carbocycles. The highest BCUT2D eigenvalue weighted by molar-refractivity contribution is 5.77. The molecular formula is C15H28N2O4. The van der Waals surface area contributed by atoms with Gasteiger partial charge in [0.1, 0.15) is 0 Å². The minimum absolute atomic E-state index is 0.0724. The molecule has 0 saturated heterocycles. The van der Waals surface area contributed by atoms with Gasteiger partial charge in [-0.25, -0.2) is 4.79 Å². The fourth-order valence-electron chi connectivity index (χ4n) is 2.62. The van der Waals surface area contributed by atoms with E-state index in [1.165, 1.54) is 0 Å². The van der Waals surface area contributed by atoms with Crippen LogP contribution in [0.4, 0.5) is 4.79 Å². The molecule has 0 spiro atoms. The Morgan fingerprint density at radius 1 is 1.29 bits per heavy atom. The van der Waals surface area contributed by atoms with Gasteiger partial charge in [0.2, 0.25) is 0 Å². The van der Waals surface area contributed by atoms with Gasteiger partial charge in [0.15, 0.2) is 0 Å². The van der Waals surface area contributed by atoms with E-state index < -0.39 is 11.9 Å². The zero-order chi connectivity index (χ0) is 15.8. The van der Waals surface area contributed by atoms with Crippen molar-refractivity contribution in [1.29, 1.82) is 0 Å². The predicted octanol–water partition coefficient (Wildman–Crippen LogP) is 1.99. The molecule has 3 unspecified atom stereocenters. The second kappa shape index (κ2) is 8.87. The van der Waals surface area contributed by atoms with Crippen LogP contribution in [0.3, 0.4) is 0 Å². The summed E-state index contributed by atoms with van der Waals surface area (Å²) >= 11 is 0. The van der Waals surface area contributed by atoms with E-state index in [1.54, 1.807) is 0 Å². The van der Waals surface area contributed by atoms with Crippen molar-refractivity contribution in [2.75, 3.05) is 13.2 Å². The van der Waals surface area contributed by atoms with Gasteiger partial charge >= 0.3 is 12.0 Å². The minimum Gasteiger partial charge on any atom is -0.481 e. The van der Waals surface area contributed by atoms with Crippen LogP contribution in [0.15, 0.2) is 0 Å². The van der Waals surface area contributed by atoms with Crippen molar-refractivity contribution in [3.05, 3.63) is 0 Å². The Kier molecular flexibility index (Phi) is 7.50. The lowest BCUT2D eigenvalue weighted by atomic mass is 9.84. The summed E-state index contributed by atoms with van der Waals surface area (Å²) in [6.07, 6.45) is 3.23. The summed E-state index contributed by atoms with van der Waals surface area (Å²) in [4.78, 5) is 23.3. The Morgan fingerprint density at radius 2 is 1.95 bits per heavy atom. The maximum Gasteiger partial charge on any atom is 0.315 e. The maximum atomic E-state index is 12.1. The van der Waals surface area contributed by atoms with Gasteiger partial charge in [-0.1, -0.05) is 26.7 Å². The van der Waals surface area contributed by atoms with Crippen molar-refractivity contribution in [2.45, 2.75) is 58.5 Å². The topological polar surface area (TPSA) is 87.7 Å². The Labute approximate surface area is 126 Å². The second-order valence-corrected chi connectivity index (χ2v) is 5.96. The Hall–Kier alpha value is -1.30. The molecule has 3 N–H and O–H groups in total. The molecule has 0 aromatic carbocycles. The molecule has 21 heavy (non-hydrogen) atoms. The van der Waals surface area contributed by atoms with Gasteiger partial charge in [0.05, 0.1) is 18.6 Å². The Balaban J connectivity index is 2.51. The van der Waals surface area contributed by atoms with Crippen LogP contribution in [-0.4, -0.2) is 42.4 Å². The molecule has 0 aliphatic heterocycles. The number of rotatable bonds is 7. The fourth-order valence-corrected chi connectivity index (χ4v) is 2.62. The molecule has 0 aromatic rings. The summed E-state index contributed by atoms with van der Waals surface area (Å²) in [6, 6.07) is -0.653. The van der Waals surface area contributed by atoms with Gasteiger partial charge in [-0.05, 0) is 25.7 Å². The average molecular weight is 300 g/mol. The van der Waals surface area contributed by atoms with Crippen molar-refractivity contribution < 1.29 is 19.4 Å². The standard InChI is InChI=1S/C15H28N2O4/c1-4-21-9-13(10(2)3)17-15(20)16-12-8-6-5-7-11(12)14(18)19/h10-13H,4-9H2,1-3H3,(H,18,19)(H2,16,17,20). The van der Waals surface area contributed by atoms with Gasteiger partial charge in [-0.3, -0.25) is 4.79 Å². The first-order valence-corrected chi connectivity index (χ1v) is 7.83. The van der Waals surface area contributed by atoms with Crippen molar-refractivity contribution in [3.63, 3.8) is 0 Å². The minimum atomic E-state index is -0.824. The first-order valence-electron chi connectivity index (χ1n) is 7.83. The monoisotopic (exact) mass is 300 g/mol. The molecule has 0 bridgehead atoms. The van der Waals surface area contributed by atoms with Crippen molar-refractivity contribution in [2.24, 2.45) is 11.8 Å². The number of amides is 2. The van der Waals surface area contributed by atoms with E-state index in [1.807, 2.05) is 20.8 Å². The number of carbonyl (C=O) groups excluding carboxylic acids is 1. The lowest BCUT2D eigenvalue weighted by Gasteiger charge is -2.30. The van der Waals surface area contributed by atoms with E-state index in [0.29, 0.717) is 19.6 Å². The van der Waals surface area contributed by atoms with E-state index >= 15 is 0 Å². The molecular weight excluding hydrogens is 272 g/mol. The van der Waals surface area contributed by atoms with Gasteiger partial charge in [-0.15, -0.1) is 0 Å². The van der Waals surface area contributed by atoms with E-state index in [2.05, 4.69) is 10.6 Å². The third-order valence-electron chi connectivity index (χ3n) is 4.02. The number of ether oxygens (including phenoxy) is 1. The van der Waals surface area contributed by atoms with Crippen LogP contribution >= 0.6 is 0 Å². The van der Waals surface area contributed by atoms with Crippen molar-refractivity contribution >= 4 is 12.0 Å². The highest BCUT2D eigenvalue weighted by atomic mass is 16.5. The van der Waals surface area contributed by atoms with Crippen LogP contribution in [-0.2, 0) is 9.53 Å². The first-order chi connectivity index (χ1) is 9.95. The summed E-state index contributed by atoms with van der Waals surface area (Å²) in [5.74, 6) is -1.05. The van der Waals surface area contributed by atoms with E-state index in [4.69, 9.17) is 4.74 Å². The molecule has 6 heteroatoms. The summed E-state index contributed by atoms with van der Waals surface area (Å²) in [7, 11) is 0. The molecule has 122 valence electrons. The molecule has 1 fully saturated rings. The number of hydrogen-bond donors (Lipinski definition) is 3. The fraction of sp³-hybridized carbons (Fsp3) is 0.867. The SMILES string of the molecule is CCOCC(NC(=O)NC1CCCCC1C(=O)O)C(C)C. The summed E-state index contributed by atoms with van der Waals surface area (Å²) in [6.45, 7) is 7.02. The molecule has 1 rings (SSSR count). The summed E-state index contributed by atoms with van der Waals surface area (Å²) in [5.41, 5.74) is 0. The molecule has 0 heterocycles. The third-order valence-corrected chi connectivity index (χ3v) is 4.02. The average Bonchev–Trinajstić information content (AvgIpc) is 2.43. The second-order valence-electron chi connectivity index (χ2n) is 5.96. The van der Waals surface area contributed by atoms with Crippen LogP contribution < -0.4 is 10.6 Å². The molecule has 0 aromatic heterocycles. The number of carboxylic acid groups (broad SMARTS) is 1. The zero-order valence-corrected chi connectivity index (χ0v) is 13.2. The highest BCUT2D eigenvalue weighted by Gasteiger charge is 2.32. The van der Waals surface area contributed by atoms with E-state index in [9.17, 15) is 14.7 Å². The van der Waals surface area contributed by atoms with Crippen molar-refractivity contribution in [1.82, 2.24) is 10.6 Å². The molecule has 0 radical (unpaired) electrons. The Morgan fingerprint density at radius 3 is 2.52 bits per heavy atom. The smallest absolute Gasteiger partial charge is 0.315 e. The first kappa shape index (κ1) is 17.8. The van der Waals surface area contributed by atoms with E-state index in [0.717, 1.165) is 19.3 Å². The van der Waals surface area contributed by atoms with Gasteiger partial charge in [0, 0.05) is 12.6 Å². The zero-order valence-electron chi connectivity index (χ0n) is 13.2. The largest absolute Gasteiger partial charge is 0.481 e. The number of aliphatic carboxylic acids is 1. The summed E-state index contributed by atoms with van der Waals surface area (Å²) < 4.78 is 5.37. The highest BCUT2D eigenvalue weighted by Crippen LogP contribution is 2.24. The molecule has 1 aliphatic rings. The van der Waals surface area contributed by atoms with Crippen molar-refractivity contribution in [3.8, 4) is 0 Å². The quantitative estimate of drug-likeness (QED) is 0.671. The van der Waals surface area contributed by atoms with Crippen LogP contribution in [0, 0.1) is 11.8 Å². The maximum absolute atomic E-state index is 12.1. The van der Waals surface area contributed by atoms with Crippen LogP contribution in [0.5, 0.6) is 0 Å². The van der Waals surface area contributed by atoms with Gasteiger partial charge in [0.25, 0.3) is 0 Å². The van der Waals surface area contributed by atoms with E-state index in [-0.39, 0.29) is 24.0 Å². The number of hydrogen-bond acceptors (Lipinski definition) is 3. The van der Waals surface area contributed by atoms with Gasteiger partial charge < -0.3 is 20.5 Å². The third kappa shape index (κ3) is 5.91. The van der Waals surface area contributed by atoms with Crippen LogP contribution in [0.25, 0.3) is 0 Å². The van der Waals surface area contributed by atoms with Gasteiger partial charge in [-0.2, -0.15) is 0 Å². The number of carboxylic acids is 1. The Bertz CT molecular complexity index is 347. The molecule has 2 amide bonds. The summed E-state index contributed by atoms with van der Waals surface area (Å²) in [5, 5.41) is 14.9.